The number of pyridine rings is 1. The van der Waals surface area contributed by atoms with Gasteiger partial charge >= 0.3 is 0 Å². The first-order valence-corrected chi connectivity index (χ1v) is 8.97. The molecule has 24 heavy (non-hydrogen) atoms. The van der Waals surface area contributed by atoms with Gasteiger partial charge in [-0.25, -0.2) is 4.98 Å². The third kappa shape index (κ3) is 4.24. The molecule has 2 fully saturated rings. The van der Waals surface area contributed by atoms with Gasteiger partial charge in [0.25, 0.3) is 5.91 Å². The van der Waals surface area contributed by atoms with E-state index in [0.29, 0.717) is 11.5 Å². The zero-order valence-electron chi connectivity index (χ0n) is 14.4. The van der Waals surface area contributed by atoms with Gasteiger partial charge in [0, 0.05) is 50.6 Å². The summed E-state index contributed by atoms with van der Waals surface area (Å²) < 4.78 is 0. The number of nitrogens with one attached hydrogen (secondary N) is 1. The molecule has 2 N–H and O–H groups in total. The Morgan fingerprint density at radius 1 is 1.25 bits per heavy atom. The number of piperazine rings is 1. The molecule has 0 aromatic carbocycles. The maximum absolute atomic E-state index is 12.5. The average Bonchev–Trinajstić information content (AvgIpc) is 2.63. The van der Waals surface area contributed by atoms with E-state index in [1.54, 1.807) is 12.3 Å². The molecule has 0 spiro atoms. The quantitative estimate of drug-likeness (QED) is 0.865. The van der Waals surface area contributed by atoms with Gasteiger partial charge in [0.2, 0.25) is 0 Å². The van der Waals surface area contributed by atoms with Gasteiger partial charge in [-0.2, -0.15) is 0 Å². The molecular formula is C18H28N4O2. The Kier molecular flexibility index (Phi) is 5.68. The van der Waals surface area contributed by atoms with Crippen molar-refractivity contribution < 1.29 is 9.90 Å². The first kappa shape index (κ1) is 17.2. The summed E-state index contributed by atoms with van der Waals surface area (Å²) in [6.45, 7) is 4.19. The number of carbonyl (C=O) groups excluding carboxylic acids is 1. The Morgan fingerprint density at radius 3 is 2.62 bits per heavy atom. The number of aromatic nitrogens is 1. The Balaban J connectivity index is 1.58. The molecule has 1 amide bonds. The first-order valence-electron chi connectivity index (χ1n) is 8.97. The maximum atomic E-state index is 12.5. The van der Waals surface area contributed by atoms with E-state index in [9.17, 15) is 9.90 Å². The topological polar surface area (TPSA) is 68.7 Å². The molecule has 1 aromatic rings. The van der Waals surface area contributed by atoms with E-state index in [4.69, 9.17) is 0 Å². The number of nitrogens with zero attached hydrogens (tertiary/aromatic N) is 3. The van der Waals surface area contributed by atoms with Crippen molar-refractivity contribution in [2.24, 2.45) is 5.92 Å². The van der Waals surface area contributed by atoms with Gasteiger partial charge in [0.15, 0.2) is 0 Å². The van der Waals surface area contributed by atoms with Crippen molar-refractivity contribution in [1.82, 2.24) is 15.2 Å². The number of rotatable bonds is 4. The lowest BCUT2D eigenvalue weighted by Crippen LogP contribution is -2.45. The summed E-state index contributed by atoms with van der Waals surface area (Å²) >= 11 is 0. The minimum absolute atomic E-state index is 0.0137. The molecule has 2 aliphatic rings. The minimum atomic E-state index is -0.0137. The molecule has 1 aliphatic carbocycles. The molecule has 6 nitrogen and oxygen atoms in total. The van der Waals surface area contributed by atoms with E-state index in [0.717, 1.165) is 57.7 Å². The van der Waals surface area contributed by atoms with Crippen LogP contribution in [-0.4, -0.2) is 66.8 Å². The summed E-state index contributed by atoms with van der Waals surface area (Å²) in [6, 6.07) is 3.91. The smallest absolute Gasteiger partial charge is 0.251 e. The van der Waals surface area contributed by atoms with Crippen LogP contribution in [0.4, 0.5) is 5.82 Å². The summed E-state index contributed by atoms with van der Waals surface area (Å²) in [5.74, 6) is 1.28. The molecule has 6 heteroatoms. The van der Waals surface area contributed by atoms with Crippen LogP contribution in [0.2, 0.25) is 0 Å². The second kappa shape index (κ2) is 7.94. The van der Waals surface area contributed by atoms with E-state index in [1.807, 2.05) is 6.07 Å². The van der Waals surface area contributed by atoms with E-state index < -0.39 is 0 Å². The monoisotopic (exact) mass is 332 g/mol. The van der Waals surface area contributed by atoms with Gasteiger partial charge in [-0.3, -0.25) is 4.79 Å². The van der Waals surface area contributed by atoms with Gasteiger partial charge in [-0.15, -0.1) is 0 Å². The number of hydrogen-bond acceptors (Lipinski definition) is 5. The molecular weight excluding hydrogens is 304 g/mol. The van der Waals surface area contributed by atoms with Crippen LogP contribution >= 0.6 is 0 Å². The van der Waals surface area contributed by atoms with Crippen molar-refractivity contribution in [3.8, 4) is 0 Å². The Bertz CT molecular complexity index is 550. The van der Waals surface area contributed by atoms with Crippen LogP contribution in [0.1, 0.15) is 36.0 Å². The van der Waals surface area contributed by atoms with Crippen LogP contribution < -0.4 is 10.2 Å². The number of carbonyl (C=O) groups is 1. The second-order valence-corrected chi connectivity index (χ2v) is 7.07. The number of aliphatic hydroxyl groups excluding tert-OH is 1. The predicted octanol–water partition coefficient (Wildman–Crippen LogP) is 1.11. The van der Waals surface area contributed by atoms with Gasteiger partial charge in [-0.05, 0) is 50.8 Å². The van der Waals surface area contributed by atoms with E-state index in [2.05, 4.69) is 27.1 Å². The highest BCUT2D eigenvalue weighted by atomic mass is 16.3. The molecule has 0 unspecified atom stereocenters. The summed E-state index contributed by atoms with van der Waals surface area (Å²) in [5, 5.41) is 12.3. The average molecular weight is 332 g/mol. The van der Waals surface area contributed by atoms with Gasteiger partial charge < -0.3 is 20.2 Å². The fourth-order valence-corrected chi connectivity index (χ4v) is 3.53. The number of likely N-dealkylation sites (N-methyl/N-ethyl adjacent to an activating group) is 1. The normalized spacial score (nSPS) is 25.5. The Hall–Kier alpha value is -1.66. The van der Waals surface area contributed by atoms with Crippen molar-refractivity contribution in [1.29, 1.82) is 0 Å². The predicted molar refractivity (Wildman–Crippen MR) is 94.2 cm³/mol. The summed E-state index contributed by atoms with van der Waals surface area (Å²) in [5.41, 5.74) is 0.684. The number of amides is 1. The third-order valence-corrected chi connectivity index (χ3v) is 5.28. The van der Waals surface area contributed by atoms with E-state index in [1.165, 1.54) is 0 Å². The van der Waals surface area contributed by atoms with Crippen LogP contribution in [0.25, 0.3) is 0 Å². The van der Waals surface area contributed by atoms with Crippen molar-refractivity contribution >= 4 is 11.7 Å². The van der Waals surface area contributed by atoms with Crippen molar-refractivity contribution in [3.05, 3.63) is 23.9 Å². The molecule has 0 atom stereocenters. The molecule has 1 saturated heterocycles. The number of anilines is 1. The molecule has 2 heterocycles. The Morgan fingerprint density at radius 2 is 1.96 bits per heavy atom. The molecule has 3 rings (SSSR count). The summed E-state index contributed by atoms with van der Waals surface area (Å²) in [7, 11) is 2.13. The van der Waals surface area contributed by atoms with Gasteiger partial charge in [-0.1, -0.05) is 0 Å². The number of hydrogen-bond donors (Lipinski definition) is 2. The van der Waals surface area contributed by atoms with E-state index >= 15 is 0 Å². The summed E-state index contributed by atoms with van der Waals surface area (Å²) in [6.07, 6.45) is 5.61. The lowest BCUT2D eigenvalue weighted by atomic mass is 9.86. The Labute approximate surface area is 143 Å². The minimum Gasteiger partial charge on any atom is -0.396 e. The van der Waals surface area contributed by atoms with Crippen LogP contribution in [0.5, 0.6) is 0 Å². The SMILES string of the molecule is CN1CCN(c2cc(C(=O)NC3CCC(CO)CC3)ccn2)CC1. The molecule has 1 aromatic heterocycles. The fourth-order valence-electron chi connectivity index (χ4n) is 3.53. The second-order valence-electron chi connectivity index (χ2n) is 7.07. The zero-order valence-corrected chi connectivity index (χ0v) is 14.4. The van der Waals surface area contributed by atoms with Gasteiger partial charge in [0.1, 0.15) is 5.82 Å². The van der Waals surface area contributed by atoms with Crippen LogP contribution in [0.15, 0.2) is 18.3 Å². The summed E-state index contributed by atoms with van der Waals surface area (Å²) in [4.78, 5) is 21.5. The number of aliphatic hydroxyl groups is 1. The van der Waals surface area contributed by atoms with Crippen LogP contribution in [0, 0.1) is 5.92 Å². The van der Waals surface area contributed by atoms with Crippen molar-refractivity contribution in [2.45, 2.75) is 31.7 Å². The van der Waals surface area contributed by atoms with E-state index in [-0.39, 0.29) is 18.6 Å². The third-order valence-electron chi connectivity index (χ3n) is 5.28. The first-order chi connectivity index (χ1) is 11.7. The molecule has 0 radical (unpaired) electrons. The molecule has 1 saturated carbocycles. The highest BCUT2D eigenvalue weighted by molar-refractivity contribution is 5.95. The standard InChI is InChI=1S/C18H28N4O2/c1-21-8-10-22(11-9-21)17-12-15(6-7-19-17)18(24)20-16-4-2-14(13-23)3-5-16/h6-7,12,14,16,23H,2-5,8-11,13H2,1H3,(H,20,24). The largest absolute Gasteiger partial charge is 0.396 e. The lowest BCUT2D eigenvalue weighted by Gasteiger charge is -2.33. The highest BCUT2D eigenvalue weighted by Crippen LogP contribution is 2.24. The van der Waals surface area contributed by atoms with Crippen molar-refractivity contribution in [3.63, 3.8) is 0 Å². The van der Waals surface area contributed by atoms with Crippen LogP contribution in [-0.2, 0) is 0 Å². The zero-order chi connectivity index (χ0) is 16.9. The van der Waals surface area contributed by atoms with Gasteiger partial charge in [0.05, 0.1) is 0 Å². The van der Waals surface area contributed by atoms with Crippen molar-refractivity contribution in [2.75, 3.05) is 44.7 Å². The lowest BCUT2D eigenvalue weighted by molar-refractivity contribution is 0.0914. The molecule has 0 bridgehead atoms. The fraction of sp³-hybridized carbons (Fsp3) is 0.667. The molecule has 1 aliphatic heterocycles. The maximum Gasteiger partial charge on any atom is 0.251 e. The molecule has 132 valence electrons. The highest BCUT2D eigenvalue weighted by Gasteiger charge is 2.23. The van der Waals surface area contributed by atoms with Crippen LogP contribution in [0.3, 0.4) is 0 Å².